The van der Waals surface area contributed by atoms with Crippen molar-refractivity contribution in [1.82, 2.24) is 15.3 Å². The summed E-state index contributed by atoms with van der Waals surface area (Å²) in [7, 11) is 0. The first kappa shape index (κ1) is 11.4. The molecule has 1 saturated carbocycles. The summed E-state index contributed by atoms with van der Waals surface area (Å²) in [5.74, 6) is 1.65. The summed E-state index contributed by atoms with van der Waals surface area (Å²) in [6.45, 7) is 1.63. The number of nitrogens with zero attached hydrogens (tertiary/aromatic N) is 1. The number of para-hydroxylation sites is 1. The minimum Gasteiger partial charge on any atom is -0.310 e. The number of rotatable bonds is 5. The average Bonchev–Trinajstić information content (AvgIpc) is 3.19. The number of H-pyrrole nitrogens is 1. The van der Waals surface area contributed by atoms with Crippen molar-refractivity contribution in [3.8, 4) is 0 Å². The van der Waals surface area contributed by atoms with Crippen molar-refractivity contribution in [2.24, 2.45) is 5.92 Å². The van der Waals surface area contributed by atoms with E-state index in [0.717, 1.165) is 23.8 Å². The molecular weight excluding hydrogens is 226 g/mol. The number of benzene rings is 1. The lowest BCUT2D eigenvalue weighted by molar-refractivity contribution is 0.599. The lowest BCUT2D eigenvalue weighted by Gasteiger charge is -2.04. The van der Waals surface area contributed by atoms with Gasteiger partial charge in [-0.25, -0.2) is 4.98 Å². The summed E-state index contributed by atoms with van der Waals surface area (Å²) >= 11 is 0. The summed E-state index contributed by atoms with van der Waals surface area (Å²) in [5.41, 5.74) is 0.708. The minimum absolute atomic E-state index is 0.0559. The Morgan fingerprint density at radius 3 is 3.00 bits per heavy atom. The maximum Gasteiger partial charge on any atom is 0.258 e. The molecule has 94 valence electrons. The summed E-state index contributed by atoms with van der Waals surface area (Å²) in [6, 6.07) is 7.43. The maximum atomic E-state index is 11.8. The van der Waals surface area contributed by atoms with Crippen LogP contribution in [0.15, 0.2) is 29.1 Å². The minimum atomic E-state index is -0.0559. The summed E-state index contributed by atoms with van der Waals surface area (Å²) in [5, 5.41) is 3.98. The summed E-state index contributed by atoms with van der Waals surface area (Å²) in [4.78, 5) is 19.1. The molecule has 0 radical (unpaired) electrons. The predicted octanol–water partition coefficient (Wildman–Crippen LogP) is 1.81. The Bertz CT molecular complexity index is 601. The standard InChI is InChI=1S/C14H17N3O/c18-14-11-3-1-2-4-12(11)16-13(17-14)9-15-8-7-10-5-6-10/h1-4,10,15H,5-9H2,(H,16,17,18). The van der Waals surface area contributed by atoms with Gasteiger partial charge in [-0.05, 0) is 31.0 Å². The highest BCUT2D eigenvalue weighted by Crippen LogP contribution is 2.31. The molecular formula is C14H17N3O. The van der Waals surface area contributed by atoms with Crippen LogP contribution < -0.4 is 10.9 Å². The Kier molecular flexibility index (Phi) is 3.11. The van der Waals surface area contributed by atoms with Gasteiger partial charge in [-0.2, -0.15) is 0 Å². The monoisotopic (exact) mass is 243 g/mol. The van der Waals surface area contributed by atoms with Crippen LogP contribution in [-0.2, 0) is 6.54 Å². The van der Waals surface area contributed by atoms with E-state index < -0.39 is 0 Å². The van der Waals surface area contributed by atoms with Crippen molar-refractivity contribution in [1.29, 1.82) is 0 Å². The normalized spacial score (nSPS) is 15.1. The largest absolute Gasteiger partial charge is 0.310 e. The van der Waals surface area contributed by atoms with Gasteiger partial charge >= 0.3 is 0 Å². The maximum absolute atomic E-state index is 11.8. The van der Waals surface area contributed by atoms with Crippen molar-refractivity contribution < 1.29 is 0 Å². The molecule has 4 heteroatoms. The van der Waals surface area contributed by atoms with E-state index in [4.69, 9.17) is 0 Å². The third-order valence-corrected chi connectivity index (χ3v) is 3.38. The fourth-order valence-corrected chi connectivity index (χ4v) is 2.14. The zero-order valence-electron chi connectivity index (χ0n) is 10.3. The lowest BCUT2D eigenvalue weighted by atomic mass is 10.2. The van der Waals surface area contributed by atoms with Crippen LogP contribution in [0.1, 0.15) is 25.1 Å². The zero-order chi connectivity index (χ0) is 12.4. The van der Waals surface area contributed by atoms with Gasteiger partial charge in [-0.3, -0.25) is 4.79 Å². The van der Waals surface area contributed by atoms with Crippen LogP contribution in [0.2, 0.25) is 0 Å². The van der Waals surface area contributed by atoms with Crippen LogP contribution in [0.3, 0.4) is 0 Å². The third-order valence-electron chi connectivity index (χ3n) is 3.38. The fourth-order valence-electron chi connectivity index (χ4n) is 2.14. The molecule has 3 rings (SSSR count). The molecule has 0 unspecified atom stereocenters. The van der Waals surface area contributed by atoms with E-state index in [9.17, 15) is 4.79 Å². The van der Waals surface area contributed by atoms with Gasteiger partial charge < -0.3 is 10.3 Å². The highest BCUT2D eigenvalue weighted by molar-refractivity contribution is 5.77. The van der Waals surface area contributed by atoms with Crippen molar-refractivity contribution in [3.05, 3.63) is 40.4 Å². The fraction of sp³-hybridized carbons (Fsp3) is 0.429. The van der Waals surface area contributed by atoms with E-state index in [1.807, 2.05) is 18.2 Å². The quantitative estimate of drug-likeness (QED) is 0.787. The second-order valence-electron chi connectivity index (χ2n) is 4.94. The van der Waals surface area contributed by atoms with Crippen molar-refractivity contribution in [2.45, 2.75) is 25.8 Å². The molecule has 0 atom stereocenters. The van der Waals surface area contributed by atoms with Crippen molar-refractivity contribution >= 4 is 10.9 Å². The second kappa shape index (κ2) is 4.90. The predicted molar refractivity (Wildman–Crippen MR) is 71.4 cm³/mol. The molecule has 1 aliphatic rings. The molecule has 1 fully saturated rings. The molecule has 1 heterocycles. The van der Waals surface area contributed by atoms with Gasteiger partial charge in [0.25, 0.3) is 5.56 Å². The van der Waals surface area contributed by atoms with Crippen LogP contribution >= 0.6 is 0 Å². The zero-order valence-corrected chi connectivity index (χ0v) is 10.3. The Morgan fingerprint density at radius 2 is 2.17 bits per heavy atom. The summed E-state index contributed by atoms with van der Waals surface area (Å²) < 4.78 is 0. The Hall–Kier alpha value is -1.68. The van der Waals surface area contributed by atoms with Crippen LogP contribution in [0.5, 0.6) is 0 Å². The Labute approximate surface area is 105 Å². The van der Waals surface area contributed by atoms with Crippen LogP contribution in [0.25, 0.3) is 10.9 Å². The van der Waals surface area contributed by atoms with Crippen molar-refractivity contribution in [2.75, 3.05) is 6.54 Å². The number of aromatic amines is 1. The number of fused-ring (bicyclic) bond motifs is 1. The molecule has 0 spiro atoms. The van der Waals surface area contributed by atoms with Crippen LogP contribution in [0.4, 0.5) is 0 Å². The second-order valence-corrected chi connectivity index (χ2v) is 4.94. The van der Waals surface area contributed by atoms with Crippen LogP contribution in [-0.4, -0.2) is 16.5 Å². The molecule has 4 nitrogen and oxygen atoms in total. The SMILES string of the molecule is O=c1[nH]c(CNCCC2CC2)nc2ccccc12. The molecule has 0 aliphatic heterocycles. The topological polar surface area (TPSA) is 57.8 Å². The molecule has 1 aromatic carbocycles. The van der Waals surface area contributed by atoms with Gasteiger partial charge in [-0.15, -0.1) is 0 Å². The van der Waals surface area contributed by atoms with E-state index in [1.54, 1.807) is 6.07 Å². The highest BCUT2D eigenvalue weighted by Gasteiger charge is 2.19. The molecule has 1 aromatic heterocycles. The van der Waals surface area contributed by atoms with E-state index >= 15 is 0 Å². The smallest absolute Gasteiger partial charge is 0.258 e. The number of nitrogens with one attached hydrogen (secondary N) is 2. The number of aromatic nitrogens is 2. The first-order valence-electron chi connectivity index (χ1n) is 6.51. The van der Waals surface area contributed by atoms with E-state index in [2.05, 4.69) is 15.3 Å². The van der Waals surface area contributed by atoms with Gasteiger partial charge in [0.05, 0.1) is 17.4 Å². The Balaban J connectivity index is 1.69. The Morgan fingerprint density at radius 1 is 1.33 bits per heavy atom. The first-order chi connectivity index (χ1) is 8.83. The van der Waals surface area contributed by atoms with Gasteiger partial charge in [-0.1, -0.05) is 25.0 Å². The van der Waals surface area contributed by atoms with Crippen LogP contribution in [0, 0.1) is 5.92 Å². The number of hydrogen-bond acceptors (Lipinski definition) is 3. The molecule has 1 aliphatic carbocycles. The van der Waals surface area contributed by atoms with Gasteiger partial charge in [0.2, 0.25) is 0 Å². The van der Waals surface area contributed by atoms with Crippen molar-refractivity contribution in [3.63, 3.8) is 0 Å². The average molecular weight is 243 g/mol. The van der Waals surface area contributed by atoms with Gasteiger partial charge in [0.1, 0.15) is 5.82 Å². The molecule has 2 N–H and O–H groups in total. The first-order valence-corrected chi connectivity index (χ1v) is 6.51. The third kappa shape index (κ3) is 2.59. The molecule has 18 heavy (non-hydrogen) atoms. The molecule has 0 bridgehead atoms. The van der Waals surface area contributed by atoms with Gasteiger partial charge in [0, 0.05) is 0 Å². The van der Waals surface area contributed by atoms with E-state index in [0.29, 0.717) is 11.9 Å². The number of hydrogen-bond donors (Lipinski definition) is 2. The van der Waals surface area contributed by atoms with E-state index in [1.165, 1.54) is 19.3 Å². The molecule has 0 saturated heterocycles. The highest BCUT2D eigenvalue weighted by atomic mass is 16.1. The van der Waals surface area contributed by atoms with E-state index in [-0.39, 0.29) is 5.56 Å². The lowest BCUT2D eigenvalue weighted by Crippen LogP contribution is -2.20. The summed E-state index contributed by atoms with van der Waals surface area (Å²) in [6.07, 6.45) is 4.00. The molecule has 2 aromatic rings. The molecule has 0 amide bonds. The van der Waals surface area contributed by atoms with Gasteiger partial charge in [0.15, 0.2) is 0 Å².